The van der Waals surface area contributed by atoms with E-state index < -0.39 is 0 Å². The van der Waals surface area contributed by atoms with Crippen molar-refractivity contribution in [3.05, 3.63) is 30.3 Å². The summed E-state index contributed by atoms with van der Waals surface area (Å²) in [4.78, 5) is 16.4. The molecule has 1 saturated heterocycles. The summed E-state index contributed by atoms with van der Waals surface area (Å²) in [5, 5.41) is 0. The van der Waals surface area contributed by atoms with Gasteiger partial charge in [0.1, 0.15) is 0 Å². The largest absolute Gasteiger partial charge is 0.368 e. The molecule has 6 heteroatoms. The van der Waals surface area contributed by atoms with Crippen LogP contribution in [0.3, 0.4) is 0 Å². The van der Waals surface area contributed by atoms with E-state index in [4.69, 9.17) is 5.73 Å². The molecule has 0 radical (unpaired) electrons. The Hall–Kier alpha value is -0.970. The molecule has 2 N–H and O–H groups in total. The molecule has 0 aliphatic carbocycles. The van der Waals surface area contributed by atoms with Crippen molar-refractivity contribution >= 4 is 36.4 Å². The van der Waals surface area contributed by atoms with Crippen LogP contribution in [0.5, 0.6) is 0 Å². The average molecular weight is 334 g/mol. The number of anilines is 1. The number of rotatable bonds is 3. The van der Waals surface area contributed by atoms with E-state index in [1.807, 2.05) is 36.9 Å². The van der Waals surface area contributed by atoms with Crippen molar-refractivity contribution in [2.24, 2.45) is 11.7 Å². The Labute approximate surface area is 139 Å². The first kappa shape index (κ1) is 20.0. The molecule has 1 heterocycles. The van der Waals surface area contributed by atoms with Crippen molar-refractivity contribution in [1.29, 1.82) is 0 Å². The molecule has 2 rings (SSSR count). The zero-order valence-electron chi connectivity index (χ0n) is 12.6. The number of amides is 1. The van der Waals surface area contributed by atoms with E-state index >= 15 is 0 Å². The molecule has 0 spiro atoms. The van der Waals surface area contributed by atoms with Gasteiger partial charge in [0, 0.05) is 31.9 Å². The normalized spacial score (nSPS) is 16.0. The van der Waals surface area contributed by atoms with E-state index in [0.717, 1.165) is 26.2 Å². The highest BCUT2D eigenvalue weighted by Crippen LogP contribution is 2.16. The van der Waals surface area contributed by atoms with E-state index in [-0.39, 0.29) is 42.7 Å². The van der Waals surface area contributed by atoms with Gasteiger partial charge in [0.25, 0.3) is 0 Å². The van der Waals surface area contributed by atoms with Gasteiger partial charge in [-0.25, -0.2) is 0 Å². The van der Waals surface area contributed by atoms with Gasteiger partial charge >= 0.3 is 0 Å². The number of carbonyl (C=O) groups is 1. The van der Waals surface area contributed by atoms with Crippen molar-refractivity contribution in [2.45, 2.75) is 19.9 Å². The van der Waals surface area contributed by atoms with Crippen LogP contribution in [0.25, 0.3) is 0 Å². The number of hydrogen-bond acceptors (Lipinski definition) is 3. The lowest BCUT2D eigenvalue weighted by Crippen LogP contribution is -2.54. The van der Waals surface area contributed by atoms with Gasteiger partial charge in [-0.3, -0.25) is 4.79 Å². The van der Waals surface area contributed by atoms with Gasteiger partial charge in [-0.1, -0.05) is 32.0 Å². The quantitative estimate of drug-likeness (QED) is 0.922. The molecule has 0 bridgehead atoms. The van der Waals surface area contributed by atoms with Gasteiger partial charge in [0.15, 0.2) is 0 Å². The smallest absolute Gasteiger partial charge is 0.239 e. The van der Waals surface area contributed by atoms with Gasteiger partial charge in [-0.15, -0.1) is 24.8 Å². The third-order valence-electron chi connectivity index (χ3n) is 3.72. The molecule has 1 aliphatic rings. The highest BCUT2D eigenvalue weighted by atomic mass is 35.5. The molecular formula is C15H25Cl2N3O. The molecule has 0 aromatic heterocycles. The first-order valence-corrected chi connectivity index (χ1v) is 6.94. The average Bonchev–Trinajstić information content (AvgIpc) is 2.46. The van der Waals surface area contributed by atoms with Crippen LogP contribution < -0.4 is 10.6 Å². The fourth-order valence-corrected chi connectivity index (χ4v) is 2.32. The van der Waals surface area contributed by atoms with E-state index in [1.165, 1.54) is 5.69 Å². The summed E-state index contributed by atoms with van der Waals surface area (Å²) >= 11 is 0. The monoisotopic (exact) mass is 333 g/mol. The molecule has 1 aliphatic heterocycles. The zero-order chi connectivity index (χ0) is 13.8. The summed E-state index contributed by atoms with van der Waals surface area (Å²) in [6.45, 7) is 7.25. The summed E-state index contributed by atoms with van der Waals surface area (Å²) in [6, 6.07) is 9.95. The van der Waals surface area contributed by atoms with E-state index in [2.05, 4.69) is 17.0 Å². The topological polar surface area (TPSA) is 49.6 Å². The van der Waals surface area contributed by atoms with Gasteiger partial charge < -0.3 is 15.5 Å². The maximum absolute atomic E-state index is 12.2. The summed E-state index contributed by atoms with van der Waals surface area (Å²) in [6.07, 6.45) is 0. The Balaban J connectivity index is 0.00000200. The second-order valence-corrected chi connectivity index (χ2v) is 5.42. The second kappa shape index (κ2) is 9.13. The van der Waals surface area contributed by atoms with Gasteiger partial charge in [-0.05, 0) is 18.1 Å². The van der Waals surface area contributed by atoms with Crippen molar-refractivity contribution in [2.75, 3.05) is 31.1 Å². The van der Waals surface area contributed by atoms with Crippen molar-refractivity contribution in [3.8, 4) is 0 Å². The lowest BCUT2D eigenvalue weighted by Gasteiger charge is -2.37. The number of carbonyl (C=O) groups excluding carboxylic acids is 1. The van der Waals surface area contributed by atoms with Crippen LogP contribution >= 0.6 is 24.8 Å². The minimum atomic E-state index is -0.372. The molecule has 1 atom stereocenters. The molecule has 1 aromatic rings. The third-order valence-corrected chi connectivity index (χ3v) is 3.72. The number of benzene rings is 1. The van der Waals surface area contributed by atoms with Crippen LogP contribution in [-0.2, 0) is 4.79 Å². The minimum Gasteiger partial charge on any atom is -0.368 e. The maximum atomic E-state index is 12.2. The SMILES string of the molecule is CC(C)C(N)C(=O)N1CCN(c2ccccc2)CC1.Cl.Cl. The number of nitrogens with two attached hydrogens (primary N) is 1. The fraction of sp³-hybridized carbons (Fsp3) is 0.533. The molecule has 1 amide bonds. The van der Waals surface area contributed by atoms with Gasteiger partial charge in [0.2, 0.25) is 5.91 Å². The first-order valence-electron chi connectivity index (χ1n) is 6.94. The van der Waals surface area contributed by atoms with E-state index in [0.29, 0.717) is 0 Å². The summed E-state index contributed by atoms with van der Waals surface area (Å²) in [5.41, 5.74) is 7.16. The summed E-state index contributed by atoms with van der Waals surface area (Å²) < 4.78 is 0. The van der Waals surface area contributed by atoms with Crippen LogP contribution in [0, 0.1) is 5.92 Å². The predicted molar refractivity (Wildman–Crippen MR) is 92.5 cm³/mol. The molecule has 120 valence electrons. The Morgan fingerprint density at radius 2 is 1.57 bits per heavy atom. The first-order chi connectivity index (χ1) is 9.09. The van der Waals surface area contributed by atoms with Crippen molar-refractivity contribution in [1.82, 2.24) is 4.90 Å². The summed E-state index contributed by atoms with van der Waals surface area (Å²) in [5.74, 6) is 0.280. The Morgan fingerprint density at radius 3 is 2.05 bits per heavy atom. The Morgan fingerprint density at radius 1 is 1.05 bits per heavy atom. The lowest BCUT2D eigenvalue weighted by molar-refractivity contribution is -0.133. The second-order valence-electron chi connectivity index (χ2n) is 5.42. The number of halogens is 2. The molecule has 4 nitrogen and oxygen atoms in total. The van der Waals surface area contributed by atoms with Crippen LogP contribution in [0.1, 0.15) is 13.8 Å². The van der Waals surface area contributed by atoms with E-state index in [9.17, 15) is 4.79 Å². The molecular weight excluding hydrogens is 309 g/mol. The highest BCUT2D eigenvalue weighted by molar-refractivity contribution is 5.85. The Kier molecular flexibility index (Phi) is 8.71. The maximum Gasteiger partial charge on any atom is 0.239 e. The predicted octanol–water partition coefficient (Wildman–Crippen LogP) is 2.16. The van der Waals surface area contributed by atoms with Gasteiger partial charge in [0.05, 0.1) is 6.04 Å². The van der Waals surface area contributed by atoms with Crippen LogP contribution in [0.2, 0.25) is 0 Å². The van der Waals surface area contributed by atoms with E-state index in [1.54, 1.807) is 0 Å². The zero-order valence-corrected chi connectivity index (χ0v) is 14.2. The molecule has 21 heavy (non-hydrogen) atoms. The highest BCUT2D eigenvalue weighted by Gasteiger charge is 2.26. The minimum absolute atomic E-state index is 0. The Bertz CT molecular complexity index is 420. The van der Waals surface area contributed by atoms with Crippen LogP contribution in [0.15, 0.2) is 30.3 Å². The fourth-order valence-electron chi connectivity index (χ4n) is 2.32. The number of nitrogens with zero attached hydrogens (tertiary/aromatic N) is 2. The summed E-state index contributed by atoms with van der Waals surface area (Å²) in [7, 11) is 0. The third kappa shape index (κ3) is 5.06. The van der Waals surface area contributed by atoms with Crippen LogP contribution in [0.4, 0.5) is 5.69 Å². The van der Waals surface area contributed by atoms with Crippen molar-refractivity contribution in [3.63, 3.8) is 0 Å². The lowest BCUT2D eigenvalue weighted by atomic mass is 10.0. The number of hydrogen-bond donors (Lipinski definition) is 1. The molecule has 1 fully saturated rings. The number of para-hydroxylation sites is 1. The standard InChI is InChI=1S/C15H23N3O.2ClH/c1-12(2)14(16)15(19)18-10-8-17(9-11-18)13-6-4-3-5-7-13;;/h3-7,12,14H,8-11,16H2,1-2H3;2*1H. The van der Waals surface area contributed by atoms with Crippen molar-refractivity contribution < 1.29 is 4.79 Å². The van der Waals surface area contributed by atoms with Crippen LogP contribution in [-0.4, -0.2) is 43.0 Å². The van der Waals surface area contributed by atoms with Gasteiger partial charge in [-0.2, -0.15) is 0 Å². The molecule has 0 saturated carbocycles. The molecule has 1 unspecified atom stereocenters. The number of piperazine rings is 1. The molecule has 1 aromatic carbocycles.